The molecule has 29 heavy (non-hydrogen) atoms. The van der Waals surface area contributed by atoms with Crippen LogP contribution < -0.4 is 5.30 Å². The monoisotopic (exact) mass is 434 g/mol. The normalized spacial score (nSPS) is 12.9. The maximum absolute atomic E-state index is 13.9. The molecule has 4 nitrogen and oxygen atoms in total. The lowest BCUT2D eigenvalue weighted by atomic mass is 10.1. The van der Waals surface area contributed by atoms with Crippen molar-refractivity contribution in [2.45, 2.75) is 46.0 Å². The van der Waals surface area contributed by atoms with Gasteiger partial charge in [0.15, 0.2) is 7.14 Å². The average molecular weight is 435 g/mol. The fourth-order valence-corrected chi connectivity index (χ4v) is 6.01. The summed E-state index contributed by atoms with van der Waals surface area (Å²) >= 11 is 6.26. The number of halogens is 1. The first kappa shape index (κ1) is 23.4. The zero-order valence-electron chi connectivity index (χ0n) is 17.0. The van der Waals surface area contributed by atoms with Crippen LogP contribution in [-0.4, -0.2) is 24.3 Å². The lowest BCUT2D eigenvalue weighted by molar-refractivity contribution is -0.143. The summed E-state index contributed by atoms with van der Waals surface area (Å²) in [6.07, 6.45) is 3.89. The number of rotatable bonds is 11. The van der Waals surface area contributed by atoms with Crippen LogP contribution in [0.4, 0.5) is 0 Å². The lowest BCUT2D eigenvalue weighted by Gasteiger charge is -2.19. The van der Waals surface area contributed by atoms with Crippen LogP contribution in [0.3, 0.4) is 0 Å². The van der Waals surface area contributed by atoms with Gasteiger partial charge in [-0.1, -0.05) is 80.3 Å². The van der Waals surface area contributed by atoms with Crippen molar-refractivity contribution in [2.24, 2.45) is 0 Å². The number of carbonyl (C=O) groups is 2. The molecule has 0 aliphatic heterocycles. The molecule has 156 valence electrons. The lowest BCUT2D eigenvalue weighted by Crippen LogP contribution is -2.19. The van der Waals surface area contributed by atoms with Gasteiger partial charge in [0.2, 0.25) is 5.52 Å². The first-order valence-corrected chi connectivity index (χ1v) is 12.3. The van der Waals surface area contributed by atoms with Gasteiger partial charge in [0.1, 0.15) is 0 Å². The predicted octanol–water partition coefficient (Wildman–Crippen LogP) is 5.99. The van der Waals surface area contributed by atoms with Gasteiger partial charge in [-0.05, 0) is 25.0 Å². The molecule has 0 aliphatic rings. The van der Waals surface area contributed by atoms with E-state index in [0.29, 0.717) is 17.5 Å². The maximum Gasteiger partial charge on any atom is 0.306 e. The van der Waals surface area contributed by atoms with Gasteiger partial charge in [0.25, 0.3) is 0 Å². The third-order valence-corrected chi connectivity index (χ3v) is 8.01. The standard InChI is InChI=1S/C23H28ClO4P/c1-3-4-5-9-16-28-21(25)15-17-29(27,19-12-7-6-8-13-19)23(26)22-18(2)11-10-14-20(22)24/h6-8,10-14H,3-5,9,15-17H2,1-2H3. The number of ether oxygens (including phenoxy) is 1. The van der Waals surface area contributed by atoms with Gasteiger partial charge in [-0.3, -0.25) is 9.59 Å². The minimum atomic E-state index is -3.57. The largest absolute Gasteiger partial charge is 0.466 e. The second-order valence-corrected chi connectivity index (χ2v) is 10.3. The summed E-state index contributed by atoms with van der Waals surface area (Å²) in [5.41, 5.74) is 0.411. The number of aryl methyl sites for hydroxylation is 1. The summed E-state index contributed by atoms with van der Waals surface area (Å²) in [6.45, 7) is 4.23. The van der Waals surface area contributed by atoms with E-state index in [4.69, 9.17) is 16.3 Å². The smallest absolute Gasteiger partial charge is 0.306 e. The van der Waals surface area contributed by atoms with Crippen LogP contribution in [0.5, 0.6) is 0 Å². The van der Waals surface area contributed by atoms with Crippen molar-refractivity contribution in [2.75, 3.05) is 12.8 Å². The van der Waals surface area contributed by atoms with Crippen LogP contribution in [0.15, 0.2) is 48.5 Å². The molecule has 0 saturated heterocycles. The second kappa shape index (κ2) is 11.3. The highest BCUT2D eigenvalue weighted by atomic mass is 35.5. The van der Waals surface area contributed by atoms with Crippen molar-refractivity contribution >= 4 is 35.5 Å². The molecule has 0 radical (unpaired) electrons. The van der Waals surface area contributed by atoms with Crippen LogP contribution in [0.1, 0.15) is 54.9 Å². The van der Waals surface area contributed by atoms with E-state index in [1.165, 1.54) is 0 Å². The summed E-state index contributed by atoms with van der Waals surface area (Å²) in [4.78, 5) is 25.5. The minimum absolute atomic E-state index is 0.0742. The van der Waals surface area contributed by atoms with Crippen molar-refractivity contribution in [1.82, 2.24) is 0 Å². The van der Waals surface area contributed by atoms with Gasteiger partial charge in [-0.25, -0.2) is 0 Å². The molecule has 0 N–H and O–H groups in total. The van der Waals surface area contributed by atoms with Crippen LogP contribution in [0.2, 0.25) is 5.02 Å². The van der Waals surface area contributed by atoms with Gasteiger partial charge in [0, 0.05) is 17.0 Å². The molecule has 1 unspecified atom stereocenters. The summed E-state index contributed by atoms with van der Waals surface area (Å²) in [6, 6.07) is 13.7. The van der Waals surface area contributed by atoms with Gasteiger partial charge in [-0.15, -0.1) is 0 Å². The quantitative estimate of drug-likeness (QED) is 0.247. The fourth-order valence-electron chi connectivity index (χ4n) is 3.14. The van der Waals surface area contributed by atoms with Crippen LogP contribution in [-0.2, 0) is 14.1 Å². The maximum atomic E-state index is 13.9. The predicted molar refractivity (Wildman–Crippen MR) is 119 cm³/mol. The van der Waals surface area contributed by atoms with E-state index in [9.17, 15) is 14.2 Å². The first-order chi connectivity index (χ1) is 13.9. The number of unbranched alkanes of at least 4 members (excludes halogenated alkanes) is 3. The van der Waals surface area contributed by atoms with Gasteiger partial charge in [-0.2, -0.15) is 0 Å². The van der Waals surface area contributed by atoms with Crippen LogP contribution in [0, 0.1) is 6.92 Å². The Morgan fingerprint density at radius 3 is 2.38 bits per heavy atom. The molecule has 0 fully saturated rings. The van der Waals surface area contributed by atoms with E-state index in [-0.39, 0.29) is 23.2 Å². The SMILES string of the molecule is CCCCCCOC(=O)CCP(=O)(C(=O)c1c(C)cccc1Cl)c1ccccc1. The highest BCUT2D eigenvalue weighted by Gasteiger charge is 2.36. The minimum Gasteiger partial charge on any atom is -0.466 e. The molecule has 1 atom stereocenters. The van der Waals surface area contributed by atoms with E-state index in [1.54, 1.807) is 55.5 Å². The van der Waals surface area contributed by atoms with Gasteiger partial charge >= 0.3 is 5.97 Å². The molecule has 0 amide bonds. The first-order valence-electron chi connectivity index (χ1n) is 10.0. The highest BCUT2D eigenvalue weighted by molar-refractivity contribution is 7.87. The molecule has 0 bridgehead atoms. The molecule has 2 aromatic rings. The molecule has 0 aliphatic carbocycles. The molecular weight excluding hydrogens is 407 g/mol. The number of benzene rings is 2. The zero-order valence-corrected chi connectivity index (χ0v) is 18.7. The summed E-state index contributed by atoms with van der Waals surface area (Å²) in [7, 11) is -3.57. The van der Waals surface area contributed by atoms with Crippen LogP contribution >= 0.6 is 18.7 Å². The fraction of sp³-hybridized carbons (Fsp3) is 0.391. The van der Waals surface area contributed by atoms with Crippen molar-refractivity contribution in [3.63, 3.8) is 0 Å². The van der Waals surface area contributed by atoms with Crippen molar-refractivity contribution < 1.29 is 18.9 Å². The molecule has 0 saturated carbocycles. The van der Waals surface area contributed by atoms with E-state index in [1.807, 2.05) is 0 Å². The van der Waals surface area contributed by atoms with Crippen molar-refractivity contribution in [3.8, 4) is 0 Å². The molecule has 6 heteroatoms. The summed E-state index contributed by atoms with van der Waals surface area (Å²) in [5.74, 6) is -0.429. The van der Waals surface area contributed by atoms with Crippen LogP contribution in [0.25, 0.3) is 0 Å². The molecule has 0 spiro atoms. The highest BCUT2D eigenvalue weighted by Crippen LogP contribution is 2.50. The second-order valence-electron chi connectivity index (χ2n) is 7.07. The third kappa shape index (κ3) is 6.29. The van der Waals surface area contributed by atoms with Gasteiger partial charge in [0.05, 0.1) is 18.1 Å². The molecule has 0 heterocycles. The van der Waals surface area contributed by atoms with E-state index in [0.717, 1.165) is 25.7 Å². The number of hydrogen-bond donors (Lipinski definition) is 0. The number of esters is 1. The Kier molecular flexibility index (Phi) is 9.13. The van der Waals surface area contributed by atoms with E-state index in [2.05, 4.69) is 6.92 Å². The Morgan fingerprint density at radius 2 is 1.72 bits per heavy atom. The summed E-state index contributed by atoms with van der Waals surface area (Å²) in [5, 5.41) is 0.699. The van der Waals surface area contributed by atoms with Gasteiger partial charge < -0.3 is 9.30 Å². The Labute approximate surface area is 178 Å². The Balaban J connectivity index is 2.19. The van der Waals surface area contributed by atoms with E-state index < -0.39 is 18.6 Å². The average Bonchev–Trinajstić information content (AvgIpc) is 2.72. The Bertz CT molecular complexity index is 859. The number of carbonyl (C=O) groups excluding carboxylic acids is 2. The molecule has 0 aromatic heterocycles. The third-order valence-electron chi connectivity index (χ3n) is 4.83. The summed E-state index contributed by atoms with van der Waals surface area (Å²) < 4.78 is 19.2. The van der Waals surface area contributed by atoms with E-state index >= 15 is 0 Å². The molecule has 2 aromatic carbocycles. The Hall–Kier alpha value is -1.90. The topological polar surface area (TPSA) is 60.4 Å². The molecule has 2 rings (SSSR count). The van der Waals surface area contributed by atoms with Crippen molar-refractivity contribution in [1.29, 1.82) is 0 Å². The van der Waals surface area contributed by atoms with Crippen molar-refractivity contribution in [3.05, 3.63) is 64.7 Å². The number of hydrogen-bond acceptors (Lipinski definition) is 4. The molecular formula is C23H28ClO4P. The Morgan fingerprint density at radius 1 is 1.00 bits per heavy atom. The zero-order chi connectivity index (χ0) is 21.3.